The molecule has 1 N–H and O–H groups in total. The largest absolute Gasteiger partial charge is 0.325 e. The summed E-state index contributed by atoms with van der Waals surface area (Å²) in [4.78, 5) is 49.7. The number of amides is 1. The van der Waals surface area contributed by atoms with Crippen molar-refractivity contribution in [1.29, 1.82) is 0 Å². The van der Waals surface area contributed by atoms with Crippen LogP contribution in [0, 0.1) is 0 Å². The number of hydrogen-bond donors (Lipinski definition) is 1. The zero-order valence-electron chi connectivity index (χ0n) is 21.4. The van der Waals surface area contributed by atoms with Crippen LogP contribution in [0.3, 0.4) is 0 Å². The average molecular weight is 627 g/mol. The Bertz CT molecular complexity index is 1830. The minimum absolute atomic E-state index is 0.0104. The molecule has 0 aliphatic heterocycles. The fraction of sp³-hybridized carbons (Fsp3) is 0.250. The molecular formula is C28H23ClN4O3S4. The fourth-order valence-corrected chi connectivity index (χ4v) is 8.82. The van der Waals surface area contributed by atoms with Gasteiger partial charge in [-0.1, -0.05) is 35.1 Å². The van der Waals surface area contributed by atoms with E-state index in [1.165, 1.54) is 45.3 Å². The SMILES string of the molecule is Cn1c(SCC(=O)Nc2ccc3nc(SCC(=O)c4ccc(Cl)cc4)sc3c2)nc2sc3c(c2c1=O)CCCC3. The van der Waals surface area contributed by atoms with Gasteiger partial charge < -0.3 is 5.32 Å². The molecule has 0 fully saturated rings. The van der Waals surface area contributed by atoms with Crippen LogP contribution in [0.5, 0.6) is 0 Å². The first-order chi connectivity index (χ1) is 19.4. The molecule has 3 heterocycles. The van der Waals surface area contributed by atoms with E-state index in [-0.39, 0.29) is 28.8 Å². The second kappa shape index (κ2) is 11.7. The van der Waals surface area contributed by atoms with Crippen LogP contribution in [0.2, 0.25) is 5.02 Å². The van der Waals surface area contributed by atoms with Gasteiger partial charge in [0.05, 0.1) is 27.1 Å². The standard InChI is InChI=1S/C28H23ClN4O3S4/c1-33-26(36)24-18-4-2-3-5-21(18)39-25(24)32-27(33)37-14-23(35)30-17-10-11-19-22(12-17)40-28(31-19)38-13-20(34)15-6-8-16(29)9-7-15/h6-12H,2-5,13-14H2,1H3,(H,30,35). The first-order valence-electron chi connectivity index (χ1n) is 12.6. The van der Waals surface area contributed by atoms with Gasteiger partial charge in [-0.15, -0.1) is 22.7 Å². The number of aromatic nitrogens is 3. The van der Waals surface area contributed by atoms with E-state index in [0.29, 0.717) is 21.4 Å². The molecule has 0 unspecified atom stereocenters. The molecule has 0 bridgehead atoms. The number of Topliss-reactive ketones (excluding diaryl/α,β-unsaturated/α-hetero) is 1. The third-order valence-corrected chi connectivity index (χ3v) is 11.3. The van der Waals surface area contributed by atoms with Crippen LogP contribution >= 0.6 is 57.8 Å². The van der Waals surface area contributed by atoms with E-state index >= 15 is 0 Å². The highest BCUT2D eigenvalue weighted by atomic mass is 35.5. The normalized spacial score (nSPS) is 13.1. The Hall–Kier alpha value is -2.70. The lowest BCUT2D eigenvalue weighted by atomic mass is 9.97. The monoisotopic (exact) mass is 626 g/mol. The zero-order chi connectivity index (χ0) is 27.8. The van der Waals surface area contributed by atoms with Crippen molar-refractivity contribution in [3.05, 3.63) is 73.8 Å². The highest BCUT2D eigenvalue weighted by Crippen LogP contribution is 2.35. The van der Waals surface area contributed by atoms with Gasteiger partial charge in [0.15, 0.2) is 15.3 Å². The first-order valence-corrected chi connectivity index (χ1v) is 16.6. The molecule has 1 aliphatic carbocycles. The quantitative estimate of drug-likeness (QED) is 0.114. The molecule has 7 nitrogen and oxygen atoms in total. The summed E-state index contributed by atoms with van der Waals surface area (Å²) in [6, 6.07) is 12.4. The van der Waals surface area contributed by atoms with Crippen molar-refractivity contribution in [1.82, 2.24) is 14.5 Å². The maximum absolute atomic E-state index is 13.1. The summed E-state index contributed by atoms with van der Waals surface area (Å²) in [6.07, 6.45) is 4.21. The summed E-state index contributed by atoms with van der Waals surface area (Å²) >= 11 is 11.6. The molecule has 5 aromatic rings. The minimum Gasteiger partial charge on any atom is -0.325 e. The molecule has 6 rings (SSSR count). The number of aryl methyl sites for hydroxylation is 2. The molecule has 1 aliphatic rings. The smallest absolute Gasteiger partial charge is 0.262 e. The topological polar surface area (TPSA) is 93.9 Å². The summed E-state index contributed by atoms with van der Waals surface area (Å²) in [5.74, 6) is 0.234. The van der Waals surface area contributed by atoms with Crippen LogP contribution in [0.4, 0.5) is 5.69 Å². The second-order valence-electron chi connectivity index (χ2n) is 9.37. The Morgan fingerprint density at radius 2 is 1.82 bits per heavy atom. The molecule has 0 saturated heterocycles. The summed E-state index contributed by atoms with van der Waals surface area (Å²) in [5.41, 5.74) is 3.22. The van der Waals surface area contributed by atoms with Gasteiger partial charge in [-0.05, 0) is 73.7 Å². The van der Waals surface area contributed by atoms with Gasteiger partial charge in [-0.3, -0.25) is 19.0 Å². The summed E-state index contributed by atoms with van der Waals surface area (Å²) in [6.45, 7) is 0. The number of anilines is 1. The lowest BCUT2D eigenvalue weighted by Crippen LogP contribution is -2.21. The van der Waals surface area contributed by atoms with Crippen LogP contribution in [0.15, 0.2) is 56.8 Å². The average Bonchev–Trinajstić information content (AvgIpc) is 3.53. The predicted octanol–water partition coefficient (Wildman–Crippen LogP) is 6.84. The number of hydrogen-bond acceptors (Lipinski definition) is 9. The number of fused-ring (bicyclic) bond motifs is 4. The third kappa shape index (κ3) is 5.71. The lowest BCUT2D eigenvalue weighted by molar-refractivity contribution is -0.113. The van der Waals surface area contributed by atoms with Gasteiger partial charge in [0.1, 0.15) is 4.83 Å². The molecule has 3 aromatic heterocycles. The number of nitrogens with one attached hydrogen (secondary N) is 1. The van der Waals surface area contributed by atoms with Crippen molar-refractivity contribution < 1.29 is 9.59 Å². The van der Waals surface area contributed by atoms with Crippen LogP contribution in [0.1, 0.15) is 33.6 Å². The molecule has 2 aromatic carbocycles. The van der Waals surface area contributed by atoms with Crippen molar-refractivity contribution in [2.24, 2.45) is 7.05 Å². The fourth-order valence-electron chi connectivity index (χ4n) is 4.61. The predicted molar refractivity (Wildman–Crippen MR) is 167 cm³/mol. The van der Waals surface area contributed by atoms with Crippen molar-refractivity contribution in [3.63, 3.8) is 0 Å². The van der Waals surface area contributed by atoms with Crippen LogP contribution < -0.4 is 10.9 Å². The number of nitrogens with zero attached hydrogens (tertiary/aromatic N) is 3. The number of thiophene rings is 1. The number of ketones is 1. The molecule has 0 spiro atoms. The number of benzene rings is 2. The van der Waals surface area contributed by atoms with Crippen molar-refractivity contribution in [2.75, 3.05) is 16.8 Å². The number of carbonyl (C=O) groups excluding carboxylic acids is 2. The van der Waals surface area contributed by atoms with Crippen LogP contribution in [-0.4, -0.2) is 37.7 Å². The van der Waals surface area contributed by atoms with E-state index in [9.17, 15) is 14.4 Å². The van der Waals surface area contributed by atoms with Crippen molar-refractivity contribution >= 4 is 95.6 Å². The Labute approximate surface area is 251 Å². The maximum atomic E-state index is 13.1. The second-order valence-corrected chi connectivity index (χ2v) is 14.1. The van der Waals surface area contributed by atoms with Gasteiger partial charge in [0.25, 0.3) is 5.56 Å². The number of thioether (sulfide) groups is 2. The van der Waals surface area contributed by atoms with E-state index < -0.39 is 0 Å². The lowest BCUT2D eigenvalue weighted by Gasteiger charge is -2.11. The van der Waals surface area contributed by atoms with E-state index in [1.807, 2.05) is 18.2 Å². The Balaban J connectivity index is 1.09. The summed E-state index contributed by atoms with van der Waals surface area (Å²) in [7, 11) is 1.72. The highest BCUT2D eigenvalue weighted by molar-refractivity contribution is 8.01. The van der Waals surface area contributed by atoms with E-state index in [2.05, 4.69) is 10.3 Å². The molecule has 0 radical (unpaired) electrons. The Morgan fingerprint density at radius 3 is 2.65 bits per heavy atom. The van der Waals surface area contributed by atoms with Gasteiger partial charge in [-0.2, -0.15) is 0 Å². The van der Waals surface area contributed by atoms with Gasteiger partial charge in [0, 0.05) is 28.2 Å². The molecule has 0 atom stereocenters. The Morgan fingerprint density at radius 1 is 1.02 bits per heavy atom. The molecule has 12 heteroatoms. The van der Waals surface area contributed by atoms with Crippen molar-refractivity contribution in [2.45, 2.75) is 35.2 Å². The number of carbonyl (C=O) groups is 2. The van der Waals surface area contributed by atoms with Gasteiger partial charge in [-0.25, -0.2) is 9.97 Å². The minimum atomic E-state index is -0.183. The molecular weight excluding hydrogens is 604 g/mol. The van der Waals surface area contributed by atoms with Crippen LogP contribution in [-0.2, 0) is 24.7 Å². The summed E-state index contributed by atoms with van der Waals surface area (Å²) in [5, 5.41) is 4.82. The molecule has 40 heavy (non-hydrogen) atoms. The third-order valence-electron chi connectivity index (χ3n) is 6.63. The first kappa shape index (κ1) is 27.5. The maximum Gasteiger partial charge on any atom is 0.262 e. The summed E-state index contributed by atoms with van der Waals surface area (Å²) < 4.78 is 3.26. The Kier molecular flexibility index (Phi) is 8.00. The van der Waals surface area contributed by atoms with E-state index in [1.54, 1.807) is 47.2 Å². The molecule has 1 amide bonds. The molecule has 204 valence electrons. The van der Waals surface area contributed by atoms with Crippen LogP contribution in [0.25, 0.3) is 20.4 Å². The number of thiazole rings is 1. The zero-order valence-corrected chi connectivity index (χ0v) is 25.4. The molecule has 0 saturated carbocycles. The number of rotatable bonds is 8. The van der Waals surface area contributed by atoms with Crippen molar-refractivity contribution in [3.8, 4) is 0 Å². The van der Waals surface area contributed by atoms with E-state index in [0.717, 1.165) is 50.5 Å². The number of halogens is 1. The van der Waals surface area contributed by atoms with Gasteiger partial charge >= 0.3 is 0 Å². The highest BCUT2D eigenvalue weighted by Gasteiger charge is 2.21. The van der Waals surface area contributed by atoms with E-state index in [4.69, 9.17) is 16.6 Å². The van der Waals surface area contributed by atoms with Gasteiger partial charge in [0.2, 0.25) is 5.91 Å².